The Labute approximate surface area is 114 Å². The van der Waals surface area contributed by atoms with E-state index in [4.69, 9.17) is 0 Å². The Balaban J connectivity index is 2.67. The lowest BCUT2D eigenvalue weighted by molar-refractivity contribution is -0.431. The number of nitrogens with zero attached hydrogens (tertiary/aromatic N) is 2. The van der Waals surface area contributed by atoms with Gasteiger partial charge in [-0.15, -0.1) is 0 Å². The molecule has 1 aliphatic heterocycles. The zero-order valence-electron chi connectivity index (χ0n) is 11.0. The van der Waals surface area contributed by atoms with Crippen LogP contribution >= 0.6 is 0 Å². The molecule has 1 atom stereocenters. The molecule has 2 heterocycles. The number of rotatable bonds is 3. The van der Waals surface area contributed by atoms with Crippen LogP contribution in [0, 0.1) is 10.1 Å². The normalized spacial score (nSPS) is 18.8. The molecule has 0 amide bonds. The molecule has 1 aromatic rings. The second-order valence-electron chi connectivity index (χ2n) is 4.42. The number of aliphatic carboxylic acids is 1. The number of nitro groups is 1. The molecular weight excluding hydrogens is 262 g/mol. The van der Waals surface area contributed by atoms with Crippen LogP contribution in [0.1, 0.15) is 25.5 Å². The number of allylic oxidation sites excluding steroid dienone is 3. The third-order valence-corrected chi connectivity index (χ3v) is 3.14. The SMILES string of the molecule is CC1=C(C(=O)O)C(c2ccccn2)C([N+](=O)[O-])=C(C)N1. The first-order chi connectivity index (χ1) is 9.43. The van der Waals surface area contributed by atoms with Crippen molar-refractivity contribution < 1.29 is 14.8 Å². The van der Waals surface area contributed by atoms with E-state index in [9.17, 15) is 20.0 Å². The molecule has 104 valence electrons. The Bertz CT molecular complexity index is 598. The van der Waals surface area contributed by atoms with Crippen LogP contribution in [0.2, 0.25) is 0 Å². The van der Waals surface area contributed by atoms with Gasteiger partial charge in [-0.25, -0.2) is 4.79 Å². The second kappa shape index (κ2) is 5.12. The second-order valence-corrected chi connectivity index (χ2v) is 4.42. The number of hydrogen-bond donors (Lipinski definition) is 2. The van der Waals surface area contributed by atoms with Crippen LogP contribution in [-0.4, -0.2) is 21.0 Å². The highest BCUT2D eigenvalue weighted by molar-refractivity contribution is 5.90. The van der Waals surface area contributed by atoms with E-state index < -0.39 is 16.8 Å². The molecule has 0 spiro atoms. The van der Waals surface area contributed by atoms with Crippen LogP contribution in [0.15, 0.2) is 47.1 Å². The van der Waals surface area contributed by atoms with Gasteiger partial charge in [0.1, 0.15) is 5.92 Å². The summed E-state index contributed by atoms with van der Waals surface area (Å²) < 4.78 is 0. The summed E-state index contributed by atoms with van der Waals surface area (Å²) in [6.07, 6.45) is 1.49. The lowest BCUT2D eigenvalue weighted by atomic mass is 9.87. The van der Waals surface area contributed by atoms with Gasteiger partial charge in [0, 0.05) is 11.9 Å². The number of hydrogen-bond acceptors (Lipinski definition) is 5. The molecule has 0 saturated heterocycles. The first-order valence-electron chi connectivity index (χ1n) is 5.90. The van der Waals surface area contributed by atoms with Crippen molar-refractivity contribution in [2.45, 2.75) is 19.8 Å². The summed E-state index contributed by atoms with van der Waals surface area (Å²) in [5, 5.41) is 23.4. The standard InChI is InChI=1S/C13H13N3O4/c1-7-10(13(17)18)11(9-5-3-4-6-14-9)12(16(19)20)8(2)15-7/h3-6,11,15H,1-2H3,(H,17,18). The lowest BCUT2D eigenvalue weighted by Crippen LogP contribution is -2.31. The highest BCUT2D eigenvalue weighted by Crippen LogP contribution is 2.37. The van der Waals surface area contributed by atoms with Crippen LogP contribution in [0.5, 0.6) is 0 Å². The van der Waals surface area contributed by atoms with Gasteiger partial charge < -0.3 is 10.4 Å². The Morgan fingerprint density at radius 1 is 1.40 bits per heavy atom. The molecule has 2 N–H and O–H groups in total. The van der Waals surface area contributed by atoms with Gasteiger partial charge in [0.15, 0.2) is 0 Å². The number of aromatic nitrogens is 1. The molecule has 7 heteroatoms. The molecule has 1 aliphatic rings. The average Bonchev–Trinajstić information content (AvgIpc) is 2.37. The smallest absolute Gasteiger partial charge is 0.334 e. The first-order valence-corrected chi connectivity index (χ1v) is 5.90. The van der Waals surface area contributed by atoms with Crippen molar-refractivity contribution in [3.8, 4) is 0 Å². The zero-order valence-corrected chi connectivity index (χ0v) is 11.0. The predicted molar refractivity (Wildman–Crippen MR) is 70.1 cm³/mol. The maximum absolute atomic E-state index is 11.5. The van der Waals surface area contributed by atoms with Crippen molar-refractivity contribution in [1.82, 2.24) is 10.3 Å². The highest BCUT2D eigenvalue weighted by atomic mass is 16.6. The van der Waals surface area contributed by atoms with E-state index in [2.05, 4.69) is 10.3 Å². The zero-order chi connectivity index (χ0) is 14.9. The molecule has 2 rings (SSSR count). The molecule has 0 bridgehead atoms. The van der Waals surface area contributed by atoms with Crippen molar-refractivity contribution in [3.05, 3.63) is 62.9 Å². The van der Waals surface area contributed by atoms with E-state index in [1.54, 1.807) is 32.0 Å². The van der Waals surface area contributed by atoms with Crippen LogP contribution < -0.4 is 5.32 Å². The van der Waals surface area contributed by atoms with Crippen molar-refractivity contribution in [2.24, 2.45) is 0 Å². The topological polar surface area (TPSA) is 105 Å². The summed E-state index contributed by atoms with van der Waals surface area (Å²) in [5.74, 6) is -2.18. The van der Waals surface area contributed by atoms with Gasteiger partial charge in [0.05, 0.1) is 21.9 Å². The molecule has 1 aromatic heterocycles. The Kier molecular flexibility index (Phi) is 3.51. The molecule has 20 heavy (non-hydrogen) atoms. The minimum atomic E-state index is -1.20. The lowest BCUT2D eigenvalue weighted by Gasteiger charge is -2.24. The van der Waals surface area contributed by atoms with Crippen molar-refractivity contribution >= 4 is 5.97 Å². The molecule has 0 radical (unpaired) electrons. The number of carboxylic acids is 1. The van der Waals surface area contributed by atoms with Crippen LogP contribution in [-0.2, 0) is 4.79 Å². The van der Waals surface area contributed by atoms with Gasteiger partial charge in [-0.05, 0) is 26.0 Å². The van der Waals surface area contributed by atoms with Crippen molar-refractivity contribution in [2.75, 3.05) is 0 Å². The van der Waals surface area contributed by atoms with Gasteiger partial charge in [-0.1, -0.05) is 6.07 Å². The Morgan fingerprint density at radius 2 is 2.10 bits per heavy atom. The molecule has 1 unspecified atom stereocenters. The summed E-state index contributed by atoms with van der Waals surface area (Å²) >= 11 is 0. The third-order valence-electron chi connectivity index (χ3n) is 3.14. The molecular formula is C13H13N3O4. The molecule has 0 fully saturated rings. The van der Waals surface area contributed by atoms with E-state index in [1.807, 2.05) is 0 Å². The minimum Gasteiger partial charge on any atom is -0.478 e. The van der Waals surface area contributed by atoms with Gasteiger partial charge >= 0.3 is 5.97 Å². The monoisotopic (exact) mass is 275 g/mol. The maximum Gasteiger partial charge on any atom is 0.334 e. The summed E-state index contributed by atoms with van der Waals surface area (Å²) in [6, 6.07) is 4.93. The number of dihydropyridines is 1. The van der Waals surface area contributed by atoms with E-state index in [1.165, 1.54) is 6.20 Å². The van der Waals surface area contributed by atoms with Gasteiger partial charge in [-0.2, -0.15) is 0 Å². The molecule has 0 aliphatic carbocycles. The number of carboxylic acid groups (broad SMARTS) is 1. The van der Waals surface area contributed by atoms with Crippen molar-refractivity contribution in [1.29, 1.82) is 0 Å². The molecule has 0 aromatic carbocycles. The Morgan fingerprint density at radius 3 is 2.60 bits per heavy atom. The summed E-state index contributed by atoms with van der Waals surface area (Å²) in [4.78, 5) is 26.3. The molecule has 7 nitrogen and oxygen atoms in total. The number of nitrogens with one attached hydrogen (secondary N) is 1. The quantitative estimate of drug-likeness (QED) is 0.641. The number of pyridine rings is 1. The largest absolute Gasteiger partial charge is 0.478 e. The van der Waals surface area contributed by atoms with Gasteiger partial charge in [0.2, 0.25) is 0 Å². The maximum atomic E-state index is 11.5. The summed E-state index contributed by atoms with van der Waals surface area (Å²) in [5.41, 5.74) is 0.814. The fourth-order valence-electron chi connectivity index (χ4n) is 2.34. The van der Waals surface area contributed by atoms with E-state index in [0.717, 1.165) is 0 Å². The predicted octanol–water partition coefficient (Wildman–Crippen LogP) is 1.64. The average molecular weight is 275 g/mol. The third kappa shape index (κ3) is 2.25. The summed E-state index contributed by atoms with van der Waals surface area (Å²) in [6.45, 7) is 3.13. The van der Waals surface area contributed by atoms with Crippen LogP contribution in [0.3, 0.4) is 0 Å². The summed E-state index contributed by atoms with van der Waals surface area (Å²) in [7, 11) is 0. The van der Waals surface area contributed by atoms with Crippen LogP contribution in [0.25, 0.3) is 0 Å². The van der Waals surface area contributed by atoms with Gasteiger partial charge in [-0.3, -0.25) is 15.1 Å². The molecule has 0 saturated carbocycles. The highest BCUT2D eigenvalue weighted by Gasteiger charge is 2.40. The minimum absolute atomic E-state index is 0.0546. The van der Waals surface area contributed by atoms with E-state index in [0.29, 0.717) is 17.1 Å². The van der Waals surface area contributed by atoms with E-state index in [-0.39, 0.29) is 11.3 Å². The first kappa shape index (κ1) is 13.7. The number of carbonyl (C=O) groups is 1. The van der Waals surface area contributed by atoms with Gasteiger partial charge in [0.25, 0.3) is 5.70 Å². The van der Waals surface area contributed by atoms with Crippen molar-refractivity contribution in [3.63, 3.8) is 0 Å². The van der Waals surface area contributed by atoms with Crippen LogP contribution in [0.4, 0.5) is 0 Å². The van der Waals surface area contributed by atoms with E-state index >= 15 is 0 Å². The fraction of sp³-hybridized carbons (Fsp3) is 0.231. The fourth-order valence-corrected chi connectivity index (χ4v) is 2.34. The Hall–Kier alpha value is -2.70.